The second-order valence-corrected chi connectivity index (χ2v) is 9.12. The molecule has 0 bridgehead atoms. The maximum absolute atomic E-state index is 15.5. The third-order valence-electron chi connectivity index (χ3n) is 6.41. The van der Waals surface area contributed by atoms with Gasteiger partial charge in [-0.25, -0.2) is 17.6 Å². The number of aromatic amines is 1. The van der Waals surface area contributed by atoms with Crippen LogP contribution in [0.25, 0.3) is 22.0 Å². The van der Waals surface area contributed by atoms with Crippen molar-refractivity contribution in [3.05, 3.63) is 77.8 Å². The summed E-state index contributed by atoms with van der Waals surface area (Å²) in [4.78, 5) is 21.8. The molecule has 0 saturated carbocycles. The maximum atomic E-state index is 15.5. The van der Waals surface area contributed by atoms with Crippen LogP contribution in [-0.2, 0) is 0 Å². The van der Waals surface area contributed by atoms with Gasteiger partial charge in [-0.2, -0.15) is 0 Å². The zero-order valence-electron chi connectivity index (χ0n) is 20.1. The summed E-state index contributed by atoms with van der Waals surface area (Å²) in [6, 6.07) is 5.68. The molecule has 0 radical (unpaired) electrons. The van der Waals surface area contributed by atoms with E-state index >= 15 is 8.78 Å². The van der Waals surface area contributed by atoms with Crippen LogP contribution in [0.1, 0.15) is 23.7 Å². The molecule has 2 atom stereocenters. The highest BCUT2D eigenvalue weighted by Crippen LogP contribution is 2.36. The number of benzene rings is 2. The summed E-state index contributed by atoms with van der Waals surface area (Å²) in [6.45, 7) is 3.34. The number of aromatic nitrogens is 2. The third kappa shape index (κ3) is 5.29. The van der Waals surface area contributed by atoms with Crippen LogP contribution in [-0.4, -0.2) is 35.0 Å². The minimum atomic E-state index is -1.38. The number of hydrogen-bond acceptors (Lipinski definition) is 4. The second-order valence-electron chi connectivity index (χ2n) is 9.12. The van der Waals surface area contributed by atoms with Crippen LogP contribution < -0.4 is 16.0 Å². The Morgan fingerprint density at radius 3 is 2.53 bits per heavy atom. The fourth-order valence-electron chi connectivity index (χ4n) is 4.86. The number of carbonyl (C=O) groups excluding carboxylic acids is 1. The number of halogens is 6. The van der Waals surface area contributed by atoms with E-state index in [1.807, 2.05) is 4.90 Å². The zero-order chi connectivity index (χ0) is 25.6. The number of pyridine rings is 1. The molecule has 4 N–H and O–H groups in total. The highest BCUT2D eigenvalue weighted by atomic mass is 35.5. The molecule has 0 spiro atoms. The van der Waals surface area contributed by atoms with Crippen molar-refractivity contribution in [3.63, 3.8) is 0 Å². The summed E-state index contributed by atoms with van der Waals surface area (Å²) in [5.74, 6) is -5.46. The Bertz CT molecular complexity index is 1470. The van der Waals surface area contributed by atoms with Gasteiger partial charge in [-0.05, 0) is 42.7 Å². The van der Waals surface area contributed by atoms with E-state index in [1.165, 1.54) is 18.5 Å². The quantitative estimate of drug-likeness (QED) is 0.261. The van der Waals surface area contributed by atoms with Gasteiger partial charge in [0, 0.05) is 36.9 Å². The molecule has 38 heavy (non-hydrogen) atoms. The maximum Gasteiger partial charge on any atom is 0.258 e. The molecular weight excluding hydrogens is 545 g/mol. The Morgan fingerprint density at radius 2 is 1.79 bits per heavy atom. The van der Waals surface area contributed by atoms with Gasteiger partial charge < -0.3 is 20.9 Å². The van der Waals surface area contributed by atoms with Crippen molar-refractivity contribution >= 4 is 53.0 Å². The van der Waals surface area contributed by atoms with Crippen molar-refractivity contribution in [3.8, 4) is 11.1 Å². The third-order valence-corrected chi connectivity index (χ3v) is 6.41. The summed E-state index contributed by atoms with van der Waals surface area (Å²) >= 11 is 0. The first-order valence-electron chi connectivity index (χ1n) is 11.4. The van der Waals surface area contributed by atoms with Crippen molar-refractivity contribution in [2.24, 2.45) is 11.7 Å². The van der Waals surface area contributed by atoms with Crippen LogP contribution in [0.5, 0.6) is 0 Å². The van der Waals surface area contributed by atoms with Crippen molar-refractivity contribution in [2.75, 3.05) is 23.3 Å². The minimum absolute atomic E-state index is 0. The lowest BCUT2D eigenvalue weighted by Crippen LogP contribution is -2.46. The van der Waals surface area contributed by atoms with Crippen molar-refractivity contribution in [2.45, 2.75) is 19.4 Å². The molecule has 1 aliphatic rings. The Kier molecular flexibility index (Phi) is 8.91. The summed E-state index contributed by atoms with van der Waals surface area (Å²) in [7, 11) is 0. The molecule has 202 valence electrons. The van der Waals surface area contributed by atoms with Gasteiger partial charge in [0.2, 0.25) is 0 Å². The van der Waals surface area contributed by atoms with E-state index in [0.717, 1.165) is 24.6 Å². The van der Waals surface area contributed by atoms with E-state index in [1.54, 1.807) is 12.3 Å². The van der Waals surface area contributed by atoms with E-state index in [9.17, 15) is 13.6 Å². The van der Waals surface area contributed by atoms with Gasteiger partial charge in [0.25, 0.3) is 5.91 Å². The molecule has 0 aliphatic carbocycles. The van der Waals surface area contributed by atoms with E-state index in [0.29, 0.717) is 30.4 Å². The number of rotatable bonds is 4. The van der Waals surface area contributed by atoms with E-state index in [2.05, 4.69) is 22.2 Å². The zero-order valence-corrected chi connectivity index (χ0v) is 21.7. The van der Waals surface area contributed by atoms with Gasteiger partial charge in [-0.1, -0.05) is 6.92 Å². The number of nitrogens with zero attached hydrogens (tertiary/aromatic N) is 2. The van der Waals surface area contributed by atoms with E-state index in [4.69, 9.17) is 5.73 Å². The van der Waals surface area contributed by atoms with Crippen molar-refractivity contribution in [1.82, 2.24) is 9.97 Å². The molecule has 5 rings (SSSR count). The molecule has 12 heteroatoms. The Labute approximate surface area is 228 Å². The largest absolute Gasteiger partial charge is 0.368 e. The van der Waals surface area contributed by atoms with E-state index < -0.39 is 45.9 Å². The molecule has 1 saturated heterocycles. The molecular formula is C26H25Cl2F4N5O. The fraction of sp³-hybridized carbons (Fsp3) is 0.231. The first kappa shape index (κ1) is 29.2. The number of nitrogens with two attached hydrogens (primary N) is 1. The van der Waals surface area contributed by atoms with Crippen LogP contribution in [0.15, 0.2) is 48.9 Å². The number of anilines is 2. The van der Waals surface area contributed by atoms with Crippen LogP contribution in [0.4, 0.5) is 28.9 Å². The number of fused-ring (bicyclic) bond motifs is 1. The van der Waals surface area contributed by atoms with Gasteiger partial charge in [-0.3, -0.25) is 9.78 Å². The average molecular weight is 570 g/mol. The minimum Gasteiger partial charge on any atom is -0.368 e. The molecule has 4 aromatic rings. The standard InChI is InChI=1S/C26H23F4N5O.2ClH/c1-13-8-14(31)12-35(11-13)21-5-6-32-10-20(21)34-26(36)16-2-3-17(27)22(25(16)30)23-18(28)9-19-15(24(23)29)4-7-33-19;;/h2-7,9-10,13-14,33H,8,11-12,31H2,1H3,(H,34,36);2*1H/t13-,14+;;/m1../s1. The molecule has 1 fully saturated rings. The van der Waals surface area contributed by atoms with Gasteiger partial charge in [0.05, 0.1) is 39.8 Å². The van der Waals surface area contributed by atoms with Gasteiger partial charge in [0.15, 0.2) is 0 Å². The number of carbonyl (C=O) groups is 1. The van der Waals surface area contributed by atoms with Crippen LogP contribution >= 0.6 is 24.8 Å². The van der Waals surface area contributed by atoms with Gasteiger partial charge in [-0.15, -0.1) is 24.8 Å². The Morgan fingerprint density at radius 1 is 1.05 bits per heavy atom. The SMILES string of the molecule is C[C@@H]1C[C@H](N)CN(c2ccncc2NC(=O)c2ccc(F)c(-c3c(F)cc4[nH]ccc4c3F)c2F)C1.Cl.Cl. The number of nitrogens with one attached hydrogen (secondary N) is 2. The number of H-pyrrole nitrogens is 1. The number of piperidine rings is 1. The first-order chi connectivity index (χ1) is 17.2. The predicted octanol–water partition coefficient (Wildman–Crippen LogP) is 6.06. The Balaban J connectivity index is 0.00000200. The molecule has 0 unspecified atom stereocenters. The van der Waals surface area contributed by atoms with Gasteiger partial charge >= 0.3 is 0 Å². The highest BCUT2D eigenvalue weighted by Gasteiger charge is 2.28. The molecule has 3 heterocycles. The average Bonchev–Trinajstić information content (AvgIpc) is 3.29. The lowest BCUT2D eigenvalue weighted by atomic mass is 9.96. The molecule has 2 aromatic carbocycles. The molecule has 6 nitrogen and oxygen atoms in total. The lowest BCUT2D eigenvalue weighted by molar-refractivity contribution is 0.102. The number of amides is 1. The summed E-state index contributed by atoms with van der Waals surface area (Å²) < 4.78 is 60.1. The van der Waals surface area contributed by atoms with Gasteiger partial charge in [0.1, 0.15) is 23.3 Å². The van der Waals surface area contributed by atoms with Crippen molar-refractivity contribution < 1.29 is 22.4 Å². The molecule has 1 amide bonds. The molecule has 2 aromatic heterocycles. The summed E-state index contributed by atoms with van der Waals surface area (Å²) in [5, 5.41) is 2.58. The molecule has 1 aliphatic heterocycles. The predicted molar refractivity (Wildman–Crippen MR) is 144 cm³/mol. The highest BCUT2D eigenvalue weighted by molar-refractivity contribution is 6.07. The smallest absolute Gasteiger partial charge is 0.258 e. The van der Waals surface area contributed by atoms with Crippen LogP contribution in [0.2, 0.25) is 0 Å². The number of hydrogen-bond donors (Lipinski definition) is 3. The van der Waals surface area contributed by atoms with Crippen molar-refractivity contribution in [1.29, 1.82) is 0 Å². The normalized spacial score (nSPS) is 17.1. The van der Waals surface area contributed by atoms with Crippen LogP contribution in [0.3, 0.4) is 0 Å². The topological polar surface area (TPSA) is 87.0 Å². The first-order valence-corrected chi connectivity index (χ1v) is 11.4. The monoisotopic (exact) mass is 569 g/mol. The lowest BCUT2D eigenvalue weighted by Gasteiger charge is -2.37. The Hall–Kier alpha value is -3.34. The van der Waals surface area contributed by atoms with Crippen LogP contribution in [0, 0.1) is 29.2 Å². The second kappa shape index (κ2) is 11.6. The fourth-order valence-corrected chi connectivity index (χ4v) is 4.86. The van der Waals surface area contributed by atoms with E-state index in [-0.39, 0.29) is 41.8 Å². The summed E-state index contributed by atoms with van der Waals surface area (Å²) in [5.41, 5.74) is 4.84. The summed E-state index contributed by atoms with van der Waals surface area (Å²) in [6.07, 6.45) is 5.23.